The molecule has 124 valence electrons. The molecule has 0 aliphatic rings. The van der Waals surface area contributed by atoms with Crippen LogP contribution in [0.25, 0.3) is 0 Å². The molecule has 0 saturated carbocycles. The summed E-state index contributed by atoms with van der Waals surface area (Å²) >= 11 is 0. The molecule has 22 heavy (non-hydrogen) atoms. The molecule has 0 fully saturated rings. The number of carbonyl (C=O) groups excluding carboxylic acids is 2. The fraction of sp³-hybridized carbons (Fsp3) is 0.647. The Kier molecular flexibility index (Phi) is 6.65. The van der Waals surface area contributed by atoms with Crippen LogP contribution in [0.5, 0.6) is 0 Å². The molecule has 5 heteroatoms. The summed E-state index contributed by atoms with van der Waals surface area (Å²) in [6.07, 6.45) is 1.22. The predicted octanol–water partition coefficient (Wildman–Crippen LogP) is 3.27. The normalized spacial score (nSPS) is 13.0. The smallest absolute Gasteiger partial charge is 0.321 e. The zero-order chi connectivity index (χ0) is 16.9. The Morgan fingerprint density at radius 2 is 1.45 bits per heavy atom. The minimum Gasteiger partial charge on any atom is -0.462 e. The Morgan fingerprint density at radius 3 is 1.77 bits per heavy atom. The standard InChI is InChI=1S/C17H27NO4/c1-10(2)14(13-8-7-9-18-13)15(16(19)21-11(3)4)17(20)22-12(5)6/h7-12,14-15,18H,1-6H3. The number of carbonyl (C=O) groups is 2. The van der Waals surface area contributed by atoms with Crippen molar-refractivity contribution in [2.24, 2.45) is 11.8 Å². The number of ether oxygens (including phenoxy) is 2. The van der Waals surface area contributed by atoms with Gasteiger partial charge in [0, 0.05) is 17.8 Å². The van der Waals surface area contributed by atoms with Gasteiger partial charge >= 0.3 is 11.9 Å². The molecule has 0 radical (unpaired) electrons. The number of H-pyrrole nitrogens is 1. The van der Waals surface area contributed by atoms with E-state index in [4.69, 9.17) is 9.47 Å². The van der Waals surface area contributed by atoms with Crippen molar-refractivity contribution in [1.29, 1.82) is 0 Å². The van der Waals surface area contributed by atoms with Crippen LogP contribution in [0.2, 0.25) is 0 Å². The van der Waals surface area contributed by atoms with Gasteiger partial charge in [-0.15, -0.1) is 0 Å². The van der Waals surface area contributed by atoms with Crippen LogP contribution in [0.1, 0.15) is 53.2 Å². The van der Waals surface area contributed by atoms with Crippen molar-refractivity contribution in [2.45, 2.75) is 59.7 Å². The number of nitrogens with one attached hydrogen (secondary N) is 1. The van der Waals surface area contributed by atoms with Crippen LogP contribution < -0.4 is 0 Å². The Bertz CT molecular complexity index is 455. The van der Waals surface area contributed by atoms with Crippen LogP contribution in [0.4, 0.5) is 0 Å². The van der Waals surface area contributed by atoms with E-state index in [0.29, 0.717) is 0 Å². The molecule has 1 aromatic heterocycles. The van der Waals surface area contributed by atoms with Crippen LogP contribution in [0.15, 0.2) is 18.3 Å². The van der Waals surface area contributed by atoms with Crippen molar-refractivity contribution in [2.75, 3.05) is 0 Å². The summed E-state index contributed by atoms with van der Waals surface area (Å²) in [5.74, 6) is -2.28. The van der Waals surface area contributed by atoms with Crippen molar-refractivity contribution in [3.05, 3.63) is 24.0 Å². The molecule has 1 aromatic rings. The van der Waals surface area contributed by atoms with Gasteiger partial charge in [0.25, 0.3) is 0 Å². The molecule has 5 nitrogen and oxygen atoms in total. The average molecular weight is 309 g/mol. The van der Waals surface area contributed by atoms with E-state index in [2.05, 4.69) is 4.98 Å². The predicted molar refractivity (Wildman–Crippen MR) is 84.3 cm³/mol. The highest BCUT2D eigenvalue weighted by molar-refractivity contribution is 5.96. The van der Waals surface area contributed by atoms with Crippen LogP contribution in [-0.4, -0.2) is 29.1 Å². The zero-order valence-corrected chi connectivity index (χ0v) is 14.3. The van der Waals surface area contributed by atoms with Gasteiger partial charge in [0.15, 0.2) is 5.92 Å². The van der Waals surface area contributed by atoms with E-state index in [-0.39, 0.29) is 24.0 Å². The Balaban J connectivity index is 3.15. The van der Waals surface area contributed by atoms with Crippen molar-refractivity contribution in [1.82, 2.24) is 4.98 Å². The van der Waals surface area contributed by atoms with Gasteiger partial charge in [0.05, 0.1) is 12.2 Å². The SMILES string of the molecule is CC(C)OC(=O)C(C(=O)OC(C)C)C(c1ccc[nH]1)C(C)C. The maximum Gasteiger partial charge on any atom is 0.321 e. The van der Waals surface area contributed by atoms with E-state index < -0.39 is 17.9 Å². The largest absolute Gasteiger partial charge is 0.462 e. The first kappa shape index (κ1) is 18.3. The monoisotopic (exact) mass is 309 g/mol. The minimum absolute atomic E-state index is 0.0723. The highest BCUT2D eigenvalue weighted by Crippen LogP contribution is 2.33. The first-order valence-electron chi connectivity index (χ1n) is 7.78. The second-order valence-electron chi connectivity index (χ2n) is 6.34. The minimum atomic E-state index is -0.969. The first-order valence-corrected chi connectivity index (χ1v) is 7.78. The number of aromatic amines is 1. The van der Waals surface area contributed by atoms with E-state index in [1.807, 2.05) is 26.0 Å². The Hall–Kier alpha value is -1.78. The van der Waals surface area contributed by atoms with E-state index in [0.717, 1.165) is 5.69 Å². The molecule has 1 atom stereocenters. The van der Waals surface area contributed by atoms with Crippen LogP contribution in [0.3, 0.4) is 0 Å². The van der Waals surface area contributed by atoms with Gasteiger partial charge in [-0.3, -0.25) is 9.59 Å². The lowest BCUT2D eigenvalue weighted by molar-refractivity contribution is -0.168. The van der Waals surface area contributed by atoms with Crippen molar-refractivity contribution in [3.63, 3.8) is 0 Å². The molecule has 0 aliphatic heterocycles. The third-order valence-electron chi connectivity index (χ3n) is 3.27. The lowest BCUT2D eigenvalue weighted by Crippen LogP contribution is -2.37. The van der Waals surface area contributed by atoms with E-state index in [1.165, 1.54) is 0 Å². The number of rotatable bonds is 7. The molecule has 0 amide bonds. The molecule has 0 saturated heterocycles. The lowest BCUT2D eigenvalue weighted by atomic mass is 9.81. The van der Waals surface area contributed by atoms with Gasteiger partial charge in [0.2, 0.25) is 0 Å². The quantitative estimate of drug-likeness (QED) is 0.620. The molecule has 0 aliphatic carbocycles. The summed E-state index contributed by atoms with van der Waals surface area (Å²) in [6, 6.07) is 3.73. The van der Waals surface area contributed by atoms with Crippen LogP contribution >= 0.6 is 0 Å². The third kappa shape index (κ3) is 4.90. The second-order valence-corrected chi connectivity index (χ2v) is 6.34. The van der Waals surface area contributed by atoms with Crippen molar-refractivity contribution in [3.8, 4) is 0 Å². The fourth-order valence-electron chi connectivity index (χ4n) is 2.48. The summed E-state index contributed by atoms with van der Waals surface area (Å²) in [7, 11) is 0. The van der Waals surface area contributed by atoms with E-state index >= 15 is 0 Å². The highest BCUT2D eigenvalue weighted by Gasteiger charge is 2.41. The Labute approximate surface area is 132 Å². The fourth-order valence-corrected chi connectivity index (χ4v) is 2.48. The summed E-state index contributed by atoms with van der Waals surface area (Å²) < 4.78 is 10.6. The molecule has 0 bridgehead atoms. The molecule has 0 spiro atoms. The maximum atomic E-state index is 12.5. The maximum absolute atomic E-state index is 12.5. The number of esters is 2. The zero-order valence-electron chi connectivity index (χ0n) is 14.3. The molecular weight excluding hydrogens is 282 g/mol. The third-order valence-corrected chi connectivity index (χ3v) is 3.27. The highest BCUT2D eigenvalue weighted by atomic mass is 16.6. The molecular formula is C17H27NO4. The van der Waals surface area contributed by atoms with Gasteiger partial charge in [-0.05, 0) is 45.7 Å². The topological polar surface area (TPSA) is 68.4 Å². The van der Waals surface area contributed by atoms with Gasteiger partial charge in [-0.1, -0.05) is 13.8 Å². The van der Waals surface area contributed by atoms with Gasteiger partial charge in [-0.25, -0.2) is 0 Å². The lowest BCUT2D eigenvalue weighted by Gasteiger charge is -2.28. The molecule has 1 rings (SSSR count). The van der Waals surface area contributed by atoms with Crippen LogP contribution in [0, 0.1) is 11.8 Å². The average Bonchev–Trinajstić information content (AvgIpc) is 2.86. The van der Waals surface area contributed by atoms with Crippen molar-refractivity contribution < 1.29 is 19.1 Å². The van der Waals surface area contributed by atoms with Gasteiger partial charge in [-0.2, -0.15) is 0 Å². The molecule has 1 N–H and O–H groups in total. The summed E-state index contributed by atoms with van der Waals surface area (Å²) in [4.78, 5) is 28.1. The van der Waals surface area contributed by atoms with E-state index in [9.17, 15) is 9.59 Å². The molecule has 0 aromatic carbocycles. The summed E-state index contributed by atoms with van der Waals surface area (Å²) in [5, 5.41) is 0. The second kappa shape index (κ2) is 8.01. The molecule has 1 heterocycles. The van der Waals surface area contributed by atoms with Gasteiger partial charge < -0.3 is 14.5 Å². The number of hydrogen-bond donors (Lipinski definition) is 1. The van der Waals surface area contributed by atoms with E-state index in [1.54, 1.807) is 33.9 Å². The summed E-state index contributed by atoms with van der Waals surface area (Å²) in [6.45, 7) is 11.0. The van der Waals surface area contributed by atoms with Gasteiger partial charge in [0.1, 0.15) is 0 Å². The number of hydrogen-bond acceptors (Lipinski definition) is 4. The van der Waals surface area contributed by atoms with Crippen molar-refractivity contribution >= 4 is 11.9 Å². The Morgan fingerprint density at radius 1 is 0.955 bits per heavy atom. The summed E-state index contributed by atoms with van der Waals surface area (Å²) in [5.41, 5.74) is 0.835. The number of aromatic nitrogens is 1. The molecule has 1 unspecified atom stereocenters. The van der Waals surface area contributed by atoms with Crippen LogP contribution in [-0.2, 0) is 19.1 Å². The first-order chi connectivity index (χ1) is 10.2.